The van der Waals surface area contributed by atoms with Gasteiger partial charge < -0.3 is 14.5 Å². The van der Waals surface area contributed by atoms with E-state index >= 15 is 0 Å². The standard InChI is InChI=1S/C26H31N3O3/c1-19-7-6-10-22(17-19)23(29-13-15-31-16-14-29)18-27-24(30)11-12-25-28-20(2)26(32-25)21-8-4-3-5-9-21/h3-10,17,23H,11-16,18H2,1-2H3,(H,27,30). The molecular formula is C26H31N3O3. The molecule has 6 heteroatoms. The molecule has 2 aromatic carbocycles. The summed E-state index contributed by atoms with van der Waals surface area (Å²) >= 11 is 0. The van der Waals surface area contributed by atoms with Crippen LogP contribution in [0.1, 0.15) is 35.2 Å². The Morgan fingerprint density at radius 2 is 1.88 bits per heavy atom. The SMILES string of the molecule is Cc1cccc(C(CNC(=O)CCc2nc(C)c(-c3ccccc3)o2)N2CCOCC2)c1. The molecule has 3 aromatic rings. The van der Waals surface area contributed by atoms with Crippen LogP contribution < -0.4 is 5.32 Å². The van der Waals surface area contributed by atoms with Crippen molar-refractivity contribution in [2.45, 2.75) is 32.7 Å². The third kappa shape index (κ3) is 5.64. The number of morpholine rings is 1. The summed E-state index contributed by atoms with van der Waals surface area (Å²) in [6, 6.07) is 18.6. The summed E-state index contributed by atoms with van der Waals surface area (Å²) in [6.45, 7) is 7.79. The number of hydrogen-bond acceptors (Lipinski definition) is 5. The van der Waals surface area contributed by atoms with Crippen molar-refractivity contribution in [3.8, 4) is 11.3 Å². The number of nitrogens with one attached hydrogen (secondary N) is 1. The Hall–Kier alpha value is -2.96. The topological polar surface area (TPSA) is 67.6 Å². The van der Waals surface area contributed by atoms with E-state index in [0.29, 0.717) is 25.3 Å². The van der Waals surface area contributed by atoms with Crippen LogP contribution in [-0.2, 0) is 16.0 Å². The second-order valence-electron chi connectivity index (χ2n) is 8.27. The Morgan fingerprint density at radius 3 is 2.62 bits per heavy atom. The molecule has 1 saturated heterocycles. The molecule has 1 unspecified atom stereocenters. The van der Waals surface area contributed by atoms with E-state index in [1.807, 2.05) is 37.3 Å². The van der Waals surface area contributed by atoms with Crippen molar-refractivity contribution >= 4 is 5.91 Å². The molecule has 1 atom stereocenters. The van der Waals surface area contributed by atoms with Gasteiger partial charge in [-0.3, -0.25) is 9.69 Å². The van der Waals surface area contributed by atoms with Crippen LogP contribution >= 0.6 is 0 Å². The second kappa shape index (κ2) is 10.6. The first kappa shape index (κ1) is 22.2. The zero-order valence-corrected chi connectivity index (χ0v) is 18.8. The van der Waals surface area contributed by atoms with Crippen LogP contribution in [0.3, 0.4) is 0 Å². The highest BCUT2D eigenvalue weighted by Gasteiger charge is 2.23. The Balaban J connectivity index is 1.35. The van der Waals surface area contributed by atoms with E-state index in [2.05, 4.69) is 46.4 Å². The number of aromatic nitrogens is 1. The maximum absolute atomic E-state index is 12.6. The van der Waals surface area contributed by atoms with Gasteiger partial charge in [-0.25, -0.2) is 4.98 Å². The maximum Gasteiger partial charge on any atom is 0.220 e. The number of carbonyl (C=O) groups excluding carboxylic acids is 1. The van der Waals surface area contributed by atoms with Crippen molar-refractivity contribution in [1.29, 1.82) is 0 Å². The van der Waals surface area contributed by atoms with Gasteiger partial charge in [-0.15, -0.1) is 0 Å². The van der Waals surface area contributed by atoms with Crippen molar-refractivity contribution in [3.63, 3.8) is 0 Å². The number of hydrogen-bond donors (Lipinski definition) is 1. The van der Waals surface area contributed by atoms with Gasteiger partial charge in [-0.2, -0.15) is 0 Å². The van der Waals surface area contributed by atoms with E-state index in [1.165, 1.54) is 11.1 Å². The van der Waals surface area contributed by atoms with Crippen LogP contribution in [0.4, 0.5) is 0 Å². The van der Waals surface area contributed by atoms with E-state index in [1.54, 1.807) is 0 Å². The van der Waals surface area contributed by atoms with Crippen LogP contribution in [0, 0.1) is 13.8 Å². The van der Waals surface area contributed by atoms with E-state index in [0.717, 1.165) is 43.3 Å². The molecule has 1 N–H and O–H groups in total. The molecule has 1 aromatic heterocycles. The van der Waals surface area contributed by atoms with Crippen molar-refractivity contribution in [1.82, 2.24) is 15.2 Å². The van der Waals surface area contributed by atoms with Gasteiger partial charge >= 0.3 is 0 Å². The molecule has 4 rings (SSSR count). The summed E-state index contributed by atoms with van der Waals surface area (Å²) in [5.41, 5.74) is 4.29. The summed E-state index contributed by atoms with van der Waals surface area (Å²) in [5.74, 6) is 1.38. The fourth-order valence-electron chi connectivity index (χ4n) is 4.16. The van der Waals surface area contributed by atoms with Gasteiger partial charge in [0.15, 0.2) is 11.7 Å². The highest BCUT2D eigenvalue weighted by atomic mass is 16.5. The van der Waals surface area contributed by atoms with Gasteiger partial charge in [0.2, 0.25) is 5.91 Å². The number of oxazole rings is 1. The quantitative estimate of drug-likeness (QED) is 0.580. The van der Waals surface area contributed by atoms with Crippen LogP contribution in [0.25, 0.3) is 11.3 Å². The first-order chi connectivity index (χ1) is 15.6. The lowest BCUT2D eigenvalue weighted by molar-refractivity contribution is -0.121. The van der Waals surface area contributed by atoms with Gasteiger partial charge in [-0.05, 0) is 19.4 Å². The Kier molecular flexibility index (Phi) is 7.35. The first-order valence-electron chi connectivity index (χ1n) is 11.3. The van der Waals surface area contributed by atoms with Crippen LogP contribution in [0.2, 0.25) is 0 Å². The predicted molar refractivity (Wildman–Crippen MR) is 124 cm³/mol. The second-order valence-corrected chi connectivity index (χ2v) is 8.27. The highest BCUT2D eigenvalue weighted by Crippen LogP contribution is 2.25. The molecular weight excluding hydrogens is 402 g/mol. The zero-order valence-electron chi connectivity index (χ0n) is 18.8. The van der Waals surface area contributed by atoms with Crippen molar-refractivity contribution in [2.75, 3.05) is 32.8 Å². The molecule has 6 nitrogen and oxygen atoms in total. The molecule has 1 aliphatic heterocycles. The lowest BCUT2D eigenvalue weighted by Gasteiger charge is -2.35. The Bertz CT molecular complexity index is 1030. The van der Waals surface area contributed by atoms with Crippen molar-refractivity contribution < 1.29 is 13.9 Å². The molecule has 1 fully saturated rings. The number of benzene rings is 2. The molecule has 1 aliphatic rings. The normalized spacial score (nSPS) is 15.4. The molecule has 0 aliphatic carbocycles. The smallest absolute Gasteiger partial charge is 0.220 e. The summed E-state index contributed by atoms with van der Waals surface area (Å²) in [5, 5.41) is 3.13. The largest absolute Gasteiger partial charge is 0.440 e. The Morgan fingerprint density at radius 1 is 1.09 bits per heavy atom. The van der Waals surface area contributed by atoms with Gasteiger partial charge in [0.05, 0.1) is 24.9 Å². The lowest BCUT2D eigenvalue weighted by atomic mass is 10.0. The molecule has 0 bridgehead atoms. The summed E-state index contributed by atoms with van der Waals surface area (Å²) in [4.78, 5) is 19.5. The van der Waals surface area contributed by atoms with Gasteiger partial charge in [-0.1, -0.05) is 60.2 Å². The fraction of sp³-hybridized carbons (Fsp3) is 0.385. The summed E-state index contributed by atoms with van der Waals surface area (Å²) in [7, 11) is 0. The number of aryl methyl sites for hydroxylation is 3. The average molecular weight is 434 g/mol. The van der Waals surface area contributed by atoms with E-state index in [4.69, 9.17) is 9.15 Å². The summed E-state index contributed by atoms with van der Waals surface area (Å²) in [6.07, 6.45) is 0.823. The first-order valence-corrected chi connectivity index (χ1v) is 11.3. The van der Waals surface area contributed by atoms with Crippen LogP contribution in [0.15, 0.2) is 59.0 Å². The van der Waals surface area contributed by atoms with Gasteiger partial charge in [0, 0.05) is 38.0 Å². The Labute approximate surface area is 189 Å². The van der Waals surface area contributed by atoms with Crippen molar-refractivity contribution in [2.24, 2.45) is 0 Å². The molecule has 0 spiro atoms. The number of rotatable bonds is 8. The molecule has 1 amide bonds. The highest BCUT2D eigenvalue weighted by molar-refractivity contribution is 5.76. The number of ether oxygens (including phenoxy) is 1. The van der Waals surface area contributed by atoms with E-state index < -0.39 is 0 Å². The third-order valence-electron chi connectivity index (χ3n) is 5.85. The monoisotopic (exact) mass is 433 g/mol. The molecule has 0 radical (unpaired) electrons. The van der Waals surface area contributed by atoms with Gasteiger partial charge in [0.25, 0.3) is 0 Å². The molecule has 2 heterocycles. The van der Waals surface area contributed by atoms with Crippen LogP contribution in [-0.4, -0.2) is 48.6 Å². The third-order valence-corrected chi connectivity index (χ3v) is 5.85. The lowest BCUT2D eigenvalue weighted by Crippen LogP contribution is -2.43. The minimum absolute atomic E-state index is 0.00743. The average Bonchev–Trinajstić information content (AvgIpc) is 3.20. The number of carbonyl (C=O) groups is 1. The minimum Gasteiger partial charge on any atom is -0.440 e. The minimum atomic E-state index is 0.00743. The van der Waals surface area contributed by atoms with Crippen LogP contribution in [0.5, 0.6) is 0 Å². The molecule has 0 saturated carbocycles. The maximum atomic E-state index is 12.6. The predicted octanol–water partition coefficient (Wildman–Crippen LogP) is 4.08. The van der Waals surface area contributed by atoms with Crippen molar-refractivity contribution in [3.05, 3.63) is 77.3 Å². The number of nitrogens with zero attached hydrogens (tertiary/aromatic N) is 2. The fourth-order valence-corrected chi connectivity index (χ4v) is 4.16. The molecule has 168 valence electrons. The van der Waals surface area contributed by atoms with Gasteiger partial charge in [0.1, 0.15) is 0 Å². The summed E-state index contributed by atoms with van der Waals surface area (Å²) < 4.78 is 11.5. The molecule has 32 heavy (non-hydrogen) atoms. The zero-order chi connectivity index (χ0) is 22.3. The number of amides is 1. The van der Waals surface area contributed by atoms with E-state index in [-0.39, 0.29) is 11.9 Å². The van der Waals surface area contributed by atoms with E-state index in [9.17, 15) is 4.79 Å².